The van der Waals surface area contributed by atoms with E-state index in [1.807, 2.05) is 30.3 Å². The second-order valence-electron chi connectivity index (χ2n) is 7.86. The lowest BCUT2D eigenvalue weighted by Gasteiger charge is -2.35. The Hall–Kier alpha value is -3.80. The van der Waals surface area contributed by atoms with Crippen LogP contribution in [0.4, 0.5) is 13.2 Å². The Morgan fingerprint density at radius 1 is 1.14 bits per heavy atom. The van der Waals surface area contributed by atoms with Crippen LogP contribution in [0.25, 0.3) is 11.4 Å². The Bertz CT molecular complexity index is 1150. The Balaban J connectivity index is 1.32. The minimum Gasteiger partial charge on any atom is -0.377 e. The second kappa shape index (κ2) is 10.6. The van der Waals surface area contributed by atoms with Crippen molar-refractivity contribution in [1.29, 1.82) is 0 Å². The normalized spacial score (nSPS) is 16.2. The molecule has 1 fully saturated rings. The summed E-state index contributed by atoms with van der Waals surface area (Å²) in [6, 6.07) is 12.1. The molecule has 0 unspecified atom stereocenters. The second-order valence-corrected chi connectivity index (χ2v) is 7.86. The number of halogens is 3. The van der Waals surface area contributed by atoms with Crippen molar-refractivity contribution in [2.45, 2.75) is 25.1 Å². The maximum Gasteiger partial charge on any atom is 0.471 e. The van der Waals surface area contributed by atoms with Gasteiger partial charge in [0.2, 0.25) is 11.7 Å². The lowest BCUT2D eigenvalue weighted by molar-refractivity contribution is -0.159. The molecule has 0 aliphatic carbocycles. The molecule has 2 aromatic heterocycles. The lowest BCUT2D eigenvalue weighted by atomic mass is 10.1. The van der Waals surface area contributed by atoms with Crippen LogP contribution in [0.15, 0.2) is 53.2 Å². The molecule has 184 valence electrons. The molecular weight excluding hydrogens is 467 g/mol. The van der Waals surface area contributed by atoms with Crippen LogP contribution < -0.4 is 5.32 Å². The molecule has 0 bridgehead atoms. The molecule has 0 radical (unpaired) electrons. The van der Waals surface area contributed by atoms with Gasteiger partial charge in [0.15, 0.2) is 0 Å². The highest BCUT2D eigenvalue weighted by Gasteiger charge is 2.38. The van der Waals surface area contributed by atoms with Crippen LogP contribution in [-0.2, 0) is 22.1 Å². The molecule has 1 atom stereocenters. The molecule has 4 rings (SSSR count). The zero-order chi connectivity index (χ0) is 24.8. The van der Waals surface area contributed by atoms with E-state index in [-0.39, 0.29) is 35.6 Å². The van der Waals surface area contributed by atoms with Crippen LogP contribution >= 0.6 is 0 Å². The van der Waals surface area contributed by atoms with Crippen molar-refractivity contribution in [3.8, 4) is 11.4 Å². The van der Waals surface area contributed by atoms with Crippen molar-refractivity contribution < 1.29 is 32.0 Å². The molecule has 0 spiro atoms. The molecular formula is C23H22F3N5O4. The smallest absolute Gasteiger partial charge is 0.377 e. The summed E-state index contributed by atoms with van der Waals surface area (Å²) < 4.78 is 47.6. The molecule has 1 aliphatic rings. The first-order valence-corrected chi connectivity index (χ1v) is 10.9. The number of alkyl halides is 3. The Morgan fingerprint density at radius 3 is 2.63 bits per heavy atom. The van der Waals surface area contributed by atoms with E-state index in [1.54, 1.807) is 4.90 Å². The Morgan fingerprint density at radius 2 is 1.94 bits per heavy atom. The molecule has 1 saturated heterocycles. The summed E-state index contributed by atoms with van der Waals surface area (Å²) in [5.41, 5.74) is 1.28. The molecule has 9 nitrogen and oxygen atoms in total. The maximum atomic E-state index is 12.8. The molecule has 3 aromatic rings. The third kappa shape index (κ3) is 6.21. The van der Waals surface area contributed by atoms with E-state index in [0.29, 0.717) is 32.6 Å². The van der Waals surface area contributed by atoms with Crippen LogP contribution in [-0.4, -0.2) is 64.2 Å². The van der Waals surface area contributed by atoms with Gasteiger partial charge >= 0.3 is 12.1 Å². The highest BCUT2D eigenvalue weighted by atomic mass is 19.4. The van der Waals surface area contributed by atoms with Crippen molar-refractivity contribution in [1.82, 2.24) is 25.3 Å². The number of hydrogen-bond acceptors (Lipinski definition) is 7. The molecule has 12 heteroatoms. The predicted molar refractivity (Wildman–Crippen MR) is 116 cm³/mol. The first-order chi connectivity index (χ1) is 16.8. The van der Waals surface area contributed by atoms with E-state index in [4.69, 9.17) is 4.74 Å². The average Bonchev–Trinajstić information content (AvgIpc) is 3.38. The number of ether oxygens (including phenoxy) is 1. The molecule has 1 aromatic carbocycles. The molecule has 1 aliphatic heterocycles. The molecule has 2 amide bonds. The van der Waals surface area contributed by atoms with Gasteiger partial charge in [-0.25, -0.2) is 0 Å². The summed E-state index contributed by atoms with van der Waals surface area (Å²) in [6.07, 6.45) is -2.60. The number of nitrogens with one attached hydrogen (secondary N) is 1. The van der Waals surface area contributed by atoms with Crippen LogP contribution in [0, 0.1) is 0 Å². The zero-order valence-electron chi connectivity index (χ0n) is 18.5. The summed E-state index contributed by atoms with van der Waals surface area (Å²) in [5.74, 6) is -2.27. The number of hydrogen-bond donors (Lipinski definition) is 1. The molecule has 35 heavy (non-hydrogen) atoms. The van der Waals surface area contributed by atoms with E-state index in [9.17, 15) is 22.8 Å². The Kier molecular flexibility index (Phi) is 7.39. The number of pyridine rings is 1. The fraction of sp³-hybridized carbons (Fsp3) is 0.348. The standard InChI is InChI=1S/C23H22F3N5O4/c24-23(25,26)22-29-20(30-35-22)16-7-8-18(27-12-16)21(33)28-13-17-14-34-11-10-31(17)19(32)9-6-15-4-2-1-3-5-15/h1-5,7-8,12,17H,6,9-11,13-14H2,(H,28,33)/t17-/m0/s1. The van der Waals surface area contributed by atoms with E-state index in [2.05, 4.69) is 25.0 Å². The minimum absolute atomic E-state index is 0.0165. The summed E-state index contributed by atoms with van der Waals surface area (Å²) in [5, 5.41) is 6.02. The summed E-state index contributed by atoms with van der Waals surface area (Å²) in [6.45, 7) is 1.32. The topological polar surface area (TPSA) is 110 Å². The first kappa shape index (κ1) is 24.3. The van der Waals surface area contributed by atoms with Gasteiger partial charge in [-0.15, -0.1) is 0 Å². The van der Waals surface area contributed by atoms with Gasteiger partial charge in [-0.2, -0.15) is 18.2 Å². The van der Waals surface area contributed by atoms with Crippen molar-refractivity contribution in [2.75, 3.05) is 26.3 Å². The highest BCUT2D eigenvalue weighted by Crippen LogP contribution is 2.29. The number of amides is 2. The number of carbonyl (C=O) groups is 2. The lowest BCUT2D eigenvalue weighted by Crippen LogP contribution is -2.53. The number of aryl methyl sites for hydroxylation is 1. The third-order valence-corrected chi connectivity index (χ3v) is 5.44. The van der Waals surface area contributed by atoms with Gasteiger partial charge in [0.1, 0.15) is 5.69 Å². The van der Waals surface area contributed by atoms with Crippen LogP contribution in [0.1, 0.15) is 28.4 Å². The minimum atomic E-state index is -4.75. The van der Waals surface area contributed by atoms with E-state index >= 15 is 0 Å². The number of aromatic nitrogens is 3. The van der Waals surface area contributed by atoms with Crippen LogP contribution in [0.5, 0.6) is 0 Å². The molecule has 1 N–H and O–H groups in total. The number of rotatable bonds is 7. The zero-order valence-corrected chi connectivity index (χ0v) is 18.5. The number of carbonyl (C=O) groups excluding carboxylic acids is 2. The SMILES string of the molecule is O=C(NC[C@H]1COCCN1C(=O)CCc1ccccc1)c1ccc(-c2noc(C(F)(F)F)n2)cn1. The van der Waals surface area contributed by atoms with Gasteiger partial charge in [-0.1, -0.05) is 35.5 Å². The monoisotopic (exact) mass is 489 g/mol. The first-order valence-electron chi connectivity index (χ1n) is 10.9. The highest BCUT2D eigenvalue weighted by molar-refractivity contribution is 5.92. The fourth-order valence-corrected chi connectivity index (χ4v) is 3.61. The number of nitrogens with zero attached hydrogens (tertiary/aromatic N) is 4. The van der Waals surface area contributed by atoms with Gasteiger partial charge in [-0.05, 0) is 24.1 Å². The van der Waals surface area contributed by atoms with Gasteiger partial charge < -0.3 is 19.5 Å². The third-order valence-electron chi connectivity index (χ3n) is 5.44. The van der Waals surface area contributed by atoms with Gasteiger partial charge in [0.25, 0.3) is 5.91 Å². The van der Waals surface area contributed by atoms with E-state index in [1.165, 1.54) is 18.3 Å². The van der Waals surface area contributed by atoms with Crippen molar-refractivity contribution in [2.24, 2.45) is 0 Å². The molecule has 3 heterocycles. The fourth-order valence-electron chi connectivity index (χ4n) is 3.61. The van der Waals surface area contributed by atoms with Crippen LogP contribution in [0.3, 0.4) is 0 Å². The van der Waals surface area contributed by atoms with E-state index in [0.717, 1.165) is 5.56 Å². The van der Waals surface area contributed by atoms with Gasteiger partial charge in [-0.3, -0.25) is 14.6 Å². The predicted octanol–water partition coefficient (Wildman–Crippen LogP) is 2.74. The number of benzene rings is 1. The summed E-state index contributed by atoms with van der Waals surface area (Å²) >= 11 is 0. The average molecular weight is 489 g/mol. The van der Waals surface area contributed by atoms with Gasteiger partial charge in [0, 0.05) is 31.3 Å². The summed E-state index contributed by atoms with van der Waals surface area (Å²) in [7, 11) is 0. The largest absolute Gasteiger partial charge is 0.471 e. The maximum absolute atomic E-state index is 12.8. The van der Waals surface area contributed by atoms with Crippen molar-refractivity contribution >= 4 is 11.8 Å². The van der Waals surface area contributed by atoms with E-state index < -0.39 is 18.0 Å². The Labute approximate surface area is 198 Å². The van der Waals surface area contributed by atoms with Crippen molar-refractivity contribution in [3.05, 3.63) is 65.8 Å². The van der Waals surface area contributed by atoms with Crippen LogP contribution in [0.2, 0.25) is 0 Å². The molecule has 0 saturated carbocycles. The number of morpholine rings is 1. The van der Waals surface area contributed by atoms with Gasteiger partial charge in [0.05, 0.1) is 19.3 Å². The van der Waals surface area contributed by atoms with Crippen molar-refractivity contribution in [3.63, 3.8) is 0 Å². The quantitative estimate of drug-likeness (QED) is 0.543. The summed E-state index contributed by atoms with van der Waals surface area (Å²) in [4.78, 5) is 34.3.